The largest absolute Gasteiger partial charge is 0.480 e. The summed E-state index contributed by atoms with van der Waals surface area (Å²) in [5.74, 6) is -1.41. The van der Waals surface area contributed by atoms with Crippen molar-refractivity contribution >= 4 is 29.2 Å². The van der Waals surface area contributed by atoms with Crippen LogP contribution >= 0.6 is 11.3 Å². The number of nitrogens with one attached hydrogen (secondary N) is 2. The van der Waals surface area contributed by atoms with E-state index in [1.165, 1.54) is 11.3 Å². The third-order valence-corrected chi connectivity index (χ3v) is 4.38. The van der Waals surface area contributed by atoms with Crippen LogP contribution in [-0.4, -0.2) is 47.0 Å². The first-order valence-electron chi connectivity index (χ1n) is 7.13. The van der Waals surface area contributed by atoms with Gasteiger partial charge in [0, 0.05) is 4.88 Å². The van der Waals surface area contributed by atoms with Crippen molar-refractivity contribution in [3.63, 3.8) is 0 Å². The molecule has 0 aliphatic carbocycles. The quantitative estimate of drug-likeness (QED) is 0.750. The average molecular weight is 325 g/mol. The summed E-state index contributed by atoms with van der Waals surface area (Å²) in [6, 6.07) is 2.56. The van der Waals surface area contributed by atoms with E-state index in [1.807, 2.05) is 17.5 Å². The number of imide groups is 1. The Morgan fingerprint density at radius 2 is 2.18 bits per heavy atom. The first-order chi connectivity index (χ1) is 10.6. The van der Waals surface area contributed by atoms with E-state index >= 15 is 0 Å². The van der Waals surface area contributed by atoms with E-state index in [4.69, 9.17) is 5.11 Å². The summed E-state index contributed by atoms with van der Waals surface area (Å²) in [7, 11) is 0. The third kappa shape index (κ3) is 4.81. The van der Waals surface area contributed by atoms with E-state index in [1.54, 1.807) is 4.90 Å². The number of carbonyl (C=O) groups is 3. The van der Waals surface area contributed by atoms with Crippen molar-refractivity contribution < 1.29 is 19.5 Å². The molecule has 0 radical (unpaired) electrons. The summed E-state index contributed by atoms with van der Waals surface area (Å²) in [5.41, 5.74) is 0. The lowest BCUT2D eigenvalue weighted by Crippen LogP contribution is -2.50. The molecule has 0 aromatic carbocycles. The molecule has 8 heteroatoms. The van der Waals surface area contributed by atoms with Gasteiger partial charge in [-0.05, 0) is 30.8 Å². The van der Waals surface area contributed by atoms with Crippen molar-refractivity contribution in [2.24, 2.45) is 0 Å². The second-order valence-electron chi connectivity index (χ2n) is 5.13. The van der Waals surface area contributed by atoms with Gasteiger partial charge in [-0.1, -0.05) is 12.5 Å². The monoisotopic (exact) mass is 325 g/mol. The highest BCUT2D eigenvalue weighted by molar-refractivity contribution is 7.09. The van der Waals surface area contributed by atoms with Gasteiger partial charge in [-0.25, -0.2) is 4.79 Å². The van der Waals surface area contributed by atoms with E-state index < -0.39 is 23.9 Å². The number of thiophene rings is 1. The first kappa shape index (κ1) is 16.4. The fourth-order valence-corrected chi connectivity index (χ4v) is 3.08. The molecule has 1 saturated heterocycles. The van der Waals surface area contributed by atoms with Gasteiger partial charge in [-0.15, -0.1) is 11.3 Å². The van der Waals surface area contributed by atoms with Gasteiger partial charge >= 0.3 is 12.0 Å². The Labute approximate surface area is 132 Å². The Kier molecular flexibility index (Phi) is 5.91. The highest BCUT2D eigenvalue weighted by Crippen LogP contribution is 2.16. The lowest BCUT2D eigenvalue weighted by atomic mass is 10.0. The standard InChI is InChI=1S/C14H19N3O4S/c18-12(9-17-6-2-1-5-11(17)13(19)20)16-14(21)15-8-10-4-3-7-22-10/h3-4,7,11H,1-2,5-6,8-9H2,(H,19,20)(H2,15,16,18,21). The van der Waals surface area contributed by atoms with E-state index in [9.17, 15) is 14.4 Å². The van der Waals surface area contributed by atoms with E-state index in [0.29, 0.717) is 19.5 Å². The number of carbonyl (C=O) groups excluding carboxylic acids is 2. The van der Waals surface area contributed by atoms with Crippen LogP contribution in [-0.2, 0) is 16.1 Å². The lowest BCUT2D eigenvalue weighted by molar-refractivity contribution is -0.145. The summed E-state index contributed by atoms with van der Waals surface area (Å²) >= 11 is 1.51. The van der Waals surface area contributed by atoms with E-state index in [-0.39, 0.29) is 6.54 Å². The number of aliphatic carboxylic acids is 1. The average Bonchev–Trinajstić information content (AvgIpc) is 2.98. The number of amides is 3. The zero-order valence-corrected chi connectivity index (χ0v) is 12.9. The fraction of sp³-hybridized carbons (Fsp3) is 0.500. The summed E-state index contributed by atoms with van der Waals surface area (Å²) in [6.07, 6.45) is 2.24. The van der Waals surface area contributed by atoms with Crippen LogP contribution in [0.4, 0.5) is 4.79 Å². The third-order valence-electron chi connectivity index (χ3n) is 3.50. The van der Waals surface area contributed by atoms with Crippen molar-refractivity contribution in [1.82, 2.24) is 15.5 Å². The SMILES string of the molecule is O=C(CN1CCCCC1C(=O)O)NC(=O)NCc1cccs1. The van der Waals surface area contributed by atoms with Gasteiger partial charge in [0.05, 0.1) is 13.1 Å². The predicted molar refractivity (Wildman–Crippen MR) is 81.5 cm³/mol. The van der Waals surface area contributed by atoms with Crippen LogP contribution in [0.15, 0.2) is 17.5 Å². The molecular formula is C14H19N3O4S. The minimum absolute atomic E-state index is 0.0800. The van der Waals surface area contributed by atoms with Crippen molar-refractivity contribution in [2.45, 2.75) is 31.8 Å². The number of hydrogen-bond donors (Lipinski definition) is 3. The Balaban J connectivity index is 1.76. The number of rotatable bonds is 5. The number of likely N-dealkylation sites (tertiary alicyclic amines) is 1. The molecule has 120 valence electrons. The van der Waals surface area contributed by atoms with Gasteiger partial charge < -0.3 is 10.4 Å². The highest BCUT2D eigenvalue weighted by Gasteiger charge is 2.29. The van der Waals surface area contributed by atoms with Crippen LogP contribution in [0.5, 0.6) is 0 Å². The fourth-order valence-electron chi connectivity index (χ4n) is 2.44. The molecule has 1 aliphatic heterocycles. The van der Waals surface area contributed by atoms with Crippen LogP contribution in [0.2, 0.25) is 0 Å². The van der Waals surface area contributed by atoms with Gasteiger partial charge in [0.1, 0.15) is 6.04 Å². The Morgan fingerprint density at radius 3 is 2.86 bits per heavy atom. The molecule has 1 fully saturated rings. The summed E-state index contributed by atoms with van der Waals surface area (Å²) in [5, 5.41) is 15.9. The molecule has 1 atom stereocenters. The Morgan fingerprint density at radius 1 is 1.36 bits per heavy atom. The molecule has 22 heavy (non-hydrogen) atoms. The van der Waals surface area contributed by atoms with E-state index in [2.05, 4.69) is 10.6 Å². The molecule has 7 nitrogen and oxygen atoms in total. The molecule has 2 rings (SSSR count). The van der Waals surface area contributed by atoms with Gasteiger partial charge in [-0.3, -0.25) is 19.8 Å². The molecule has 0 bridgehead atoms. The lowest BCUT2D eigenvalue weighted by Gasteiger charge is -2.31. The molecule has 2 heterocycles. The van der Waals surface area contributed by atoms with Gasteiger partial charge in [0.25, 0.3) is 0 Å². The number of carboxylic acids is 1. The van der Waals surface area contributed by atoms with Crippen molar-refractivity contribution in [3.05, 3.63) is 22.4 Å². The van der Waals surface area contributed by atoms with E-state index in [0.717, 1.165) is 17.7 Å². The first-order valence-corrected chi connectivity index (χ1v) is 8.01. The van der Waals surface area contributed by atoms with Crippen molar-refractivity contribution in [3.8, 4) is 0 Å². The maximum Gasteiger partial charge on any atom is 0.321 e. The minimum Gasteiger partial charge on any atom is -0.480 e. The zero-order valence-electron chi connectivity index (χ0n) is 12.1. The van der Waals surface area contributed by atoms with Crippen LogP contribution < -0.4 is 10.6 Å². The number of urea groups is 1. The smallest absolute Gasteiger partial charge is 0.321 e. The molecule has 3 amide bonds. The number of hydrogen-bond acceptors (Lipinski definition) is 5. The molecule has 1 aromatic heterocycles. The van der Waals surface area contributed by atoms with Gasteiger partial charge in [-0.2, -0.15) is 0 Å². The summed E-state index contributed by atoms with van der Waals surface area (Å²) in [6.45, 7) is 0.836. The molecule has 3 N–H and O–H groups in total. The maximum atomic E-state index is 11.8. The molecular weight excluding hydrogens is 306 g/mol. The summed E-state index contributed by atoms with van der Waals surface area (Å²) < 4.78 is 0. The molecule has 0 saturated carbocycles. The zero-order chi connectivity index (χ0) is 15.9. The van der Waals surface area contributed by atoms with Crippen LogP contribution in [0.3, 0.4) is 0 Å². The minimum atomic E-state index is -0.922. The molecule has 1 aliphatic rings. The predicted octanol–water partition coefficient (Wildman–Crippen LogP) is 1.01. The number of piperidine rings is 1. The molecule has 1 unspecified atom stereocenters. The maximum absolute atomic E-state index is 11.8. The Bertz CT molecular complexity index is 532. The highest BCUT2D eigenvalue weighted by atomic mass is 32.1. The number of carboxylic acid groups (broad SMARTS) is 1. The van der Waals surface area contributed by atoms with Crippen molar-refractivity contribution in [1.29, 1.82) is 0 Å². The van der Waals surface area contributed by atoms with Crippen LogP contribution in [0.25, 0.3) is 0 Å². The number of nitrogens with zero attached hydrogens (tertiary/aromatic N) is 1. The van der Waals surface area contributed by atoms with Crippen LogP contribution in [0.1, 0.15) is 24.1 Å². The van der Waals surface area contributed by atoms with Crippen molar-refractivity contribution in [2.75, 3.05) is 13.1 Å². The van der Waals surface area contributed by atoms with Crippen LogP contribution in [0, 0.1) is 0 Å². The second kappa shape index (κ2) is 7.90. The molecule has 1 aromatic rings. The topological polar surface area (TPSA) is 98.7 Å². The van der Waals surface area contributed by atoms with Gasteiger partial charge in [0.15, 0.2) is 0 Å². The van der Waals surface area contributed by atoms with Gasteiger partial charge in [0.2, 0.25) is 5.91 Å². The Hall–Kier alpha value is -1.93. The molecule has 0 spiro atoms. The second-order valence-corrected chi connectivity index (χ2v) is 6.16. The summed E-state index contributed by atoms with van der Waals surface area (Å²) in [4.78, 5) is 37.2. The normalized spacial score (nSPS) is 18.6.